The summed E-state index contributed by atoms with van der Waals surface area (Å²) in [6, 6.07) is 7.93. The van der Waals surface area contributed by atoms with Crippen LogP contribution in [0.2, 0.25) is 0 Å². The fraction of sp³-hybridized carbons (Fsp3) is 0.533. The van der Waals surface area contributed by atoms with Crippen molar-refractivity contribution in [1.29, 1.82) is 0 Å². The van der Waals surface area contributed by atoms with E-state index < -0.39 is 0 Å². The van der Waals surface area contributed by atoms with Crippen molar-refractivity contribution in [1.82, 2.24) is 0 Å². The lowest BCUT2D eigenvalue weighted by atomic mass is 10.1. The van der Waals surface area contributed by atoms with Gasteiger partial charge in [-0.25, -0.2) is 0 Å². The fourth-order valence-corrected chi connectivity index (χ4v) is 2.42. The highest BCUT2D eigenvalue weighted by atomic mass is 16.5. The first-order valence-corrected chi connectivity index (χ1v) is 7.23. The van der Waals surface area contributed by atoms with Gasteiger partial charge in [0.15, 0.2) is 0 Å². The molecule has 110 valence electrons. The van der Waals surface area contributed by atoms with Gasteiger partial charge in [0.25, 0.3) is 0 Å². The second-order valence-electron chi connectivity index (χ2n) is 4.95. The monoisotopic (exact) mass is 277 g/mol. The highest BCUT2D eigenvalue weighted by Gasteiger charge is 2.15. The standard InChI is InChI=1S/C15H23N3O2/c16-8-11-20-12-15(19)17-13-6-2-3-7-14(13)18-9-4-1-5-10-18/h2-3,6-7H,1,4-5,8-12,16H2,(H,17,19). The van der Waals surface area contributed by atoms with E-state index in [1.807, 2.05) is 18.2 Å². The lowest BCUT2D eigenvalue weighted by molar-refractivity contribution is -0.120. The van der Waals surface area contributed by atoms with E-state index in [9.17, 15) is 4.79 Å². The van der Waals surface area contributed by atoms with Gasteiger partial charge in [0, 0.05) is 19.6 Å². The number of rotatable bonds is 6. The average molecular weight is 277 g/mol. The van der Waals surface area contributed by atoms with Gasteiger partial charge in [0.05, 0.1) is 18.0 Å². The van der Waals surface area contributed by atoms with Gasteiger partial charge < -0.3 is 20.7 Å². The molecule has 0 atom stereocenters. The van der Waals surface area contributed by atoms with Crippen molar-refractivity contribution < 1.29 is 9.53 Å². The molecule has 2 rings (SSSR count). The number of piperidine rings is 1. The molecule has 0 saturated carbocycles. The van der Waals surface area contributed by atoms with Crippen molar-refractivity contribution in [3.8, 4) is 0 Å². The normalized spacial score (nSPS) is 15.2. The van der Waals surface area contributed by atoms with Crippen LogP contribution in [0.5, 0.6) is 0 Å². The SMILES string of the molecule is NCCOCC(=O)Nc1ccccc1N1CCCCC1. The molecule has 0 spiro atoms. The molecule has 1 amide bonds. The summed E-state index contributed by atoms with van der Waals surface area (Å²) in [7, 11) is 0. The predicted octanol–water partition coefficient (Wildman–Crippen LogP) is 1.59. The number of nitrogens with one attached hydrogen (secondary N) is 1. The van der Waals surface area contributed by atoms with Crippen molar-refractivity contribution in [3.63, 3.8) is 0 Å². The molecule has 3 N–H and O–H groups in total. The molecule has 1 aliphatic heterocycles. The third-order valence-electron chi connectivity index (χ3n) is 3.37. The number of benzene rings is 1. The third-order valence-corrected chi connectivity index (χ3v) is 3.37. The number of nitrogens with two attached hydrogens (primary N) is 1. The molecule has 20 heavy (non-hydrogen) atoms. The van der Waals surface area contributed by atoms with Gasteiger partial charge in [0.1, 0.15) is 6.61 Å². The zero-order chi connectivity index (χ0) is 14.2. The number of nitrogens with zero attached hydrogens (tertiary/aromatic N) is 1. The minimum Gasteiger partial charge on any atom is -0.370 e. The number of anilines is 2. The van der Waals surface area contributed by atoms with Crippen molar-refractivity contribution in [2.75, 3.05) is 43.1 Å². The minimum absolute atomic E-state index is 0.0472. The molecule has 5 heteroatoms. The molecule has 0 radical (unpaired) electrons. The zero-order valence-electron chi connectivity index (χ0n) is 11.8. The maximum absolute atomic E-state index is 11.8. The summed E-state index contributed by atoms with van der Waals surface area (Å²) < 4.78 is 5.15. The first-order valence-electron chi connectivity index (χ1n) is 7.23. The van der Waals surface area contributed by atoms with Crippen LogP contribution in [0.15, 0.2) is 24.3 Å². The highest BCUT2D eigenvalue weighted by molar-refractivity contribution is 5.95. The Hall–Kier alpha value is -1.59. The summed E-state index contributed by atoms with van der Waals surface area (Å²) in [4.78, 5) is 14.2. The Bertz CT molecular complexity index is 431. The quantitative estimate of drug-likeness (QED) is 0.775. The lowest BCUT2D eigenvalue weighted by Gasteiger charge is -2.30. The molecule has 1 aromatic rings. The van der Waals surface area contributed by atoms with Crippen LogP contribution in [-0.2, 0) is 9.53 Å². The molecule has 0 unspecified atom stereocenters. The summed E-state index contributed by atoms with van der Waals surface area (Å²) in [5, 5.41) is 2.92. The summed E-state index contributed by atoms with van der Waals surface area (Å²) in [5.74, 6) is -0.136. The zero-order valence-corrected chi connectivity index (χ0v) is 11.8. The van der Waals surface area contributed by atoms with Gasteiger partial charge in [-0.2, -0.15) is 0 Å². The second-order valence-corrected chi connectivity index (χ2v) is 4.95. The number of ether oxygens (including phenoxy) is 1. The summed E-state index contributed by atoms with van der Waals surface area (Å²) in [6.07, 6.45) is 3.71. The molecule has 1 aliphatic rings. The molecular formula is C15H23N3O2. The van der Waals surface area contributed by atoms with Crippen molar-refractivity contribution in [2.45, 2.75) is 19.3 Å². The van der Waals surface area contributed by atoms with E-state index in [-0.39, 0.29) is 12.5 Å². The maximum Gasteiger partial charge on any atom is 0.250 e. The van der Waals surface area contributed by atoms with Gasteiger partial charge in [-0.15, -0.1) is 0 Å². The maximum atomic E-state index is 11.8. The largest absolute Gasteiger partial charge is 0.370 e. The molecule has 1 fully saturated rings. The predicted molar refractivity (Wildman–Crippen MR) is 81.0 cm³/mol. The van der Waals surface area contributed by atoms with Gasteiger partial charge in [-0.3, -0.25) is 4.79 Å². The van der Waals surface area contributed by atoms with Gasteiger partial charge in [-0.05, 0) is 31.4 Å². The van der Waals surface area contributed by atoms with Crippen LogP contribution in [0.4, 0.5) is 11.4 Å². The van der Waals surface area contributed by atoms with Crippen molar-refractivity contribution in [3.05, 3.63) is 24.3 Å². The summed E-state index contributed by atoms with van der Waals surface area (Å²) in [6.45, 7) is 2.98. The van der Waals surface area contributed by atoms with E-state index in [1.165, 1.54) is 19.3 Å². The molecule has 5 nitrogen and oxygen atoms in total. The van der Waals surface area contributed by atoms with Crippen molar-refractivity contribution in [2.24, 2.45) is 5.73 Å². The van der Waals surface area contributed by atoms with Crippen LogP contribution < -0.4 is 16.0 Å². The fourth-order valence-electron chi connectivity index (χ4n) is 2.42. The van der Waals surface area contributed by atoms with E-state index in [4.69, 9.17) is 10.5 Å². The summed E-state index contributed by atoms with van der Waals surface area (Å²) in [5.41, 5.74) is 7.28. The molecule has 1 heterocycles. The van der Waals surface area contributed by atoms with Crippen LogP contribution in [0.25, 0.3) is 0 Å². The third kappa shape index (κ3) is 4.21. The first-order chi connectivity index (χ1) is 9.81. The van der Waals surface area contributed by atoms with Gasteiger partial charge >= 0.3 is 0 Å². The van der Waals surface area contributed by atoms with Crippen LogP contribution in [0.3, 0.4) is 0 Å². The van der Waals surface area contributed by atoms with E-state index in [2.05, 4.69) is 16.3 Å². The second kappa shape index (κ2) is 7.87. The van der Waals surface area contributed by atoms with E-state index in [0.29, 0.717) is 13.2 Å². The number of amides is 1. The lowest BCUT2D eigenvalue weighted by Crippen LogP contribution is -2.30. The molecule has 1 saturated heterocycles. The van der Waals surface area contributed by atoms with Gasteiger partial charge in [0.2, 0.25) is 5.91 Å². The van der Waals surface area contributed by atoms with E-state index >= 15 is 0 Å². The van der Waals surface area contributed by atoms with Crippen LogP contribution in [-0.4, -0.2) is 38.8 Å². The van der Waals surface area contributed by atoms with Crippen LogP contribution in [0.1, 0.15) is 19.3 Å². The Kier molecular flexibility index (Phi) is 5.83. The molecule has 1 aromatic carbocycles. The van der Waals surface area contributed by atoms with Crippen LogP contribution >= 0.6 is 0 Å². The topological polar surface area (TPSA) is 67.6 Å². The average Bonchev–Trinajstić information content (AvgIpc) is 2.49. The number of hydrogen-bond acceptors (Lipinski definition) is 4. The Morgan fingerprint density at radius 3 is 2.75 bits per heavy atom. The Morgan fingerprint density at radius 2 is 2.00 bits per heavy atom. The first kappa shape index (κ1) is 14.8. The number of para-hydroxylation sites is 2. The number of hydrogen-bond donors (Lipinski definition) is 2. The number of carbonyl (C=O) groups is 1. The Labute approximate surface area is 120 Å². The van der Waals surface area contributed by atoms with E-state index in [0.717, 1.165) is 24.5 Å². The molecule has 0 bridgehead atoms. The number of carbonyl (C=O) groups excluding carboxylic acids is 1. The van der Waals surface area contributed by atoms with Crippen molar-refractivity contribution >= 4 is 17.3 Å². The molecule has 0 aromatic heterocycles. The Morgan fingerprint density at radius 1 is 1.25 bits per heavy atom. The smallest absolute Gasteiger partial charge is 0.250 e. The van der Waals surface area contributed by atoms with E-state index in [1.54, 1.807) is 0 Å². The molecule has 0 aliphatic carbocycles. The summed E-state index contributed by atoms with van der Waals surface area (Å²) >= 11 is 0. The van der Waals surface area contributed by atoms with Gasteiger partial charge in [-0.1, -0.05) is 12.1 Å². The Balaban J connectivity index is 1.98. The highest BCUT2D eigenvalue weighted by Crippen LogP contribution is 2.28. The molecular weight excluding hydrogens is 254 g/mol. The van der Waals surface area contributed by atoms with Crippen LogP contribution in [0, 0.1) is 0 Å². The minimum atomic E-state index is -0.136.